The number of aromatic nitrogens is 1. The lowest BCUT2D eigenvalue weighted by atomic mass is 9.92. The number of carbonyl (C=O) groups is 3. The molecule has 0 aliphatic carbocycles. The zero-order valence-electron chi connectivity index (χ0n) is 21.1. The number of alkyl carbamates (subject to hydrolysis) is 1. The summed E-state index contributed by atoms with van der Waals surface area (Å²) in [6.07, 6.45) is 0.527. The number of nitrogens with one attached hydrogen (secondary N) is 3. The first kappa shape index (κ1) is 26.9. The Hall–Kier alpha value is -2.72. The topological polar surface area (TPSA) is 113 Å². The molecular formula is C25H34BrN5O4. The van der Waals surface area contributed by atoms with Crippen LogP contribution in [0.3, 0.4) is 0 Å². The highest BCUT2D eigenvalue weighted by Gasteiger charge is 2.40. The van der Waals surface area contributed by atoms with E-state index < -0.39 is 23.3 Å². The van der Waals surface area contributed by atoms with E-state index >= 15 is 0 Å². The third kappa shape index (κ3) is 6.91. The molecule has 1 aromatic carbocycles. The van der Waals surface area contributed by atoms with Crippen molar-refractivity contribution in [2.45, 2.75) is 77.6 Å². The lowest BCUT2D eigenvalue weighted by Gasteiger charge is -2.41. The van der Waals surface area contributed by atoms with Crippen LogP contribution in [0.15, 0.2) is 34.8 Å². The van der Waals surface area contributed by atoms with Crippen molar-refractivity contribution in [3.8, 4) is 0 Å². The molecule has 10 heteroatoms. The summed E-state index contributed by atoms with van der Waals surface area (Å²) in [6, 6.07) is 8.61. The van der Waals surface area contributed by atoms with Gasteiger partial charge < -0.3 is 15.4 Å². The molecule has 35 heavy (non-hydrogen) atoms. The first-order chi connectivity index (χ1) is 16.3. The van der Waals surface area contributed by atoms with Gasteiger partial charge in [-0.3, -0.25) is 19.6 Å². The maximum atomic E-state index is 13.3. The number of benzene rings is 1. The number of nitrogens with zero attached hydrogens (tertiary/aromatic N) is 2. The predicted octanol–water partition coefficient (Wildman–Crippen LogP) is 3.97. The van der Waals surface area contributed by atoms with E-state index in [0.717, 1.165) is 21.1 Å². The zero-order valence-corrected chi connectivity index (χ0v) is 22.7. The molecule has 3 N–H and O–H groups in total. The molecular weight excluding hydrogens is 514 g/mol. The summed E-state index contributed by atoms with van der Waals surface area (Å²) in [6.45, 7) is 10.9. The van der Waals surface area contributed by atoms with Crippen LogP contribution in [0.1, 0.15) is 66.1 Å². The van der Waals surface area contributed by atoms with Crippen LogP contribution in [0.5, 0.6) is 0 Å². The SMILES string of the molecule is C[C@H](NC(=O)OC(C)(C)C)C(=O)N1CCCC(C)(C(=O)N[C@H](C)c2ccc3ccc(Br)cc3n2)N1. The molecule has 3 rings (SSSR count). The molecule has 1 aliphatic heterocycles. The maximum Gasteiger partial charge on any atom is 0.408 e. The van der Waals surface area contributed by atoms with Gasteiger partial charge in [0.05, 0.1) is 17.3 Å². The van der Waals surface area contributed by atoms with Gasteiger partial charge in [-0.15, -0.1) is 0 Å². The van der Waals surface area contributed by atoms with E-state index in [1.807, 2.05) is 37.3 Å². The van der Waals surface area contributed by atoms with Crippen LogP contribution < -0.4 is 16.1 Å². The molecule has 0 spiro atoms. The van der Waals surface area contributed by atoms with Crippen molar-refractivity contribution in [3.05, 3.63) is 40.5 Å². The third-order valence-corrected chi connectivity index (χ3v) is 6.27. The summed E-state index contributed by atoms with van der Waals surface area (Å²) in [5.41, 5.74) is 3.00. The van der Waals surface area contributed by atoms with Crippen molar-refractivity contribution in [2.24, 2.45) is 0 Å². The van der Waals surface area contributed by atoms with Gasteiger partial charge in [0, 0.05) is 16.4 Å². The van der Waals surface area contributed by atoms with Gasteiger partial charge in [0.15, 0.2) is 0 Å². The number of hydrogen-bond acceptors (Lipinski definition) is 6. The Labute approximate surface area is 214 Å². The minimum Gasteiger partial charge on any atom is -0.444 e. The summed E-state index contributed by atoms with van der Waals surface area (Å²) >= 11 is 3.47. The van der Waals surface area contributed by atoms with E-state index in [4.69, 9.17) is 9.72 Å². The van der Waals surface area contributed by atoms with E-state index in [9.17, 15) is 14.4 Å². The van der Waals surface area contributed by atoms with Crippen molar-refractivity contribution in [1.29, 1.82) is 0 Å². The highest BCUT2D eigenvalue weighted by atomic mass is 79.9. The first-order valence-electron chi connectivity index (χ1n) is 11.7. The molecule has 1 saturated heterocycles. The van der Waals surface area contributed by atoms with Crippen LogP contribution in [0.2, 0.25) is 0 Å². The number of amides is 3. The van der Waals surface area contributed by atoms with Gasteiger partial charge in [-0.1, -0.05) is 28.1 Å². The highest BCUT2D eigenvalue weighted by Crippen LogP contribution is 2.23. The molecule has 1 fully saturated rings. The van der Waals surface area contributed by atoms with Crippen molar-refractivity contribution in [2.75, 3.05) is 6.54 Å². The van der Waals surface area contributed by atoms with E-state index in [-0.39, 0.29) is 17.9 Å². The van der Waals surface area contributed by atoms with Gasteiger partial charge in [0.2, 0.25) is 5.91 Å². The number of halogens is 1. The summed E-state index contributed by atoms with van der Waals surface area (Å²) in [4.78, 5) is 43.0. The average Bonchev–Trinajstić information content (AvgIpc) is 2.76. The van der Waals surface area contributed by atoms with E-state index in [2.05, 4.69) is 32.0 Å². The second kappa shape index (κ2) is 10.5. The summed E-state index contributed by atoms with van der Waals surface area (Å²) in [5.74, 6) is -0.573. The lowest BCUT2D eigenvalue weighted by Crippen LogP contribution is -2.66. The minimum absolute atomic E-state index is 0.230. The number of carbonyl (C=O) groups excluding carboxylic acids is 3. The smallest absolute Gasteiger partial charge is 0.408 e. The van der Waals surface area contributed by atoms with Crippen LogP contribution in [0.4, 0.5) is 4.79 Å². The van der Waals surface area contributed by atoms with Crippen molar-refractivity contribution in [1.82, 2.24) is 26.1 Å². The summed E-state index contributed by atoms with van der Waals surface area (Å²) < 4.78 is 6.17. The Bertz CT molecular complexity index is 1120. The van der Waals surface area contributed by atoms with E-state index in [1.165, 1.54) is 5.01 Å². The van der Waals surface area contributed by atoms with Crippen molar-refractivity contribution < 1.29 is 19.1 Å². The van der Waals surface area contributed by atoms with Gasteiger partial charge >= 0.3 is 6.09 Å². The van der Waals surface area contributed by atoms with Crippen LogP contribution in [-0.4, -0.2) is 51.6 Å². The molecule has 0 saturated carbocycles. The standard InChI is InChI=1S/C25H34BrN5O4/c1-15(19-11-9-17-8-10-18(26)14-20(17)29-19)27-22(33)25(6)12-7-13-31(30-25)21(32)16(2)28-23(34)35-24(3,4)5/h8-11,14-16,30H,7,12-13H2,1-6H3,(H,27,33)(H,28,34)/t15-,16+,25?/m1/s1. The van der Waals surface area contributed by atoms with Gasteiger partial charge in [-0.2, -0.15) is 0 Å². The average molecular weight is 548 g/mol. The van der Waals surface area contributed by atoms with Gasteiger partial charge in [0.1, 0.15) is 17.2 Å². The second-order valence-corrected chi connectivity index (χ2v) is 11.1. The van der Waals surface area contributed by atoms with Gasteiger partial charge in [-0.25, -0.2) is 10.2 Å². The lowest BCUT2D eigenvalue weighted by molar-refractivity contribution is -0.145. The number of pyridine rings is 1. The first-order valence-corrected chi connectivity index (χ1v) is 12.5. The fourth-order valence-electron chi connectivity index (χ4n) is 3.89. The van der Waals surface area contributed by atoms with Crippen LogP contribution in [0.25, 0.3) is 10.9 Å². The maximum absolute atomic E-state index is 13.3. The highest BCUT2D eigenvalue weighted by molar-refractivity contribution is 9.10. The van der Waals surface area contributed by atoms with Gasteiger partial charge in [0.25, 0.3) is 5.91 Å². The second-order valence-electron chi connectivity index (χ2n) is 10.2. The number of ether oxygens (including phenoxy) is 1. The van der Waals surface area contributed by atoms with Crippen LogP contribution >= 0.6 is 15.9 Å². The summed E-state index contributed by atoms with van der Waals surface area (Å²) in [5, 5.41) is 8.00. The number of hydrogen-bond donors (Lipinski definition) is 3. The number of rotatable bonds is 5. The molecule has 3 amide bonds. The quantitative estimate of drug-likeness (QED) is 0.522. The Morgan fingerprint density at radius 3 is 2.54 bits per heavy atom. The van der Waals surface area contributed by atoms with Crippen LogP contribution in [0, 0.1) is 0 Å². The van der Waals surface area contributed by atoms with Crippen molar-refractivity contribution >= 4 is 44.7 Å². The molecule has 2 heterocycles. The van der Waals surface area contributed by atoms with Crippen LogP contribution in [-0.2, 0) is 14.3 Å². The Morgan fingerprint density at radius 1 is 1.17 bits per heavy atom. The zero-order chi connectivity index (χ0) is 26.0. The van der Waals surface area contributed by atoms with Gasteiger partial charge in [-0.05, 0) is 72.6 Å². The Balaban J connectivity index is 1.64. The number of fused-ring (bicyclic) bond motifs is 1. The Morgan fingerprint density at radius 2 is 1.86 bits per heavy atom. The molecule has 0 radical (unpaired) electrons. The molecule has 1 aromatic heterocycles. The molecule has 9 nitrogen and oxygen atoms in total. The largest absolute Gasteiger partial charge is 0.444 e. The molecule has 190 valence electrons. The number of hydrazine groups is 1. The normalized spacial score (nSPS) is 20.1. The van der Waals surface area contributed by atoms with E-state index in [1.54, 1.807) is 34.6 Å². The molecule has 1 unspecified atom stereocenters. The Kier molecular flexibility index (Phi) is 8.06. The molecule has 1 aliphatic rings. The van der Waals surface area contributed by atoms with E-state index in [0.29, 0.717) is 19.4 Å². The molecule has 0 bridgehead atoms. The van der Waals surface area contributed by atoms with Crippen molar-refractivity contribution in [3.63, 3.8) is 0 Å². The third-order valence-electron chi connectivity index (χ3n) is 5.78. The fraction of sp³-hybridized carbons (Fsp3) is 0.520. The minimum atomic E-state index is -0.992. The molecule has 3 atom stereocenters. The monoisotopic (exact) mass is 547 g/mol. The molecule has 2 aromatic rings. The summed E-state index contributed by atoms with van der Waals surface area (Å²) in [7, 11) is 0. The predicted molar refractivity (Wildman–Crippen MR) is 137 cm³/mol. The fourth-order valence-corrected chi connectivity index (χ4v) is 4.24.